The second-order valence-corrected chi connectivity index (χ2v) is 8.80. The predicted molar refractivity (Wildman–Crippen MR) is 128 cm³/mol. The number of aromatic nitrogens is 5. The lowest BCUT2D eigenvalue weighted by atomic mass is 10.0. The maximum absolute atomic E-state index is 9.73. The summed E-state index contributed by atoms with van der Waals surface area (Å²) >= 11 is 12.6. The lowest BCUT2D eigenvalue weighted by Gasteiger charge is -2.15. The van der Waals surface area contributed by atoms with E-state index in [0.29, 0.717) is 32.9 Å². The quantitative estimate of drug-likeness (QED) is 0.445. The summed E-state index contributed by atoms with van der Waals surface area (Å²) in [6.07, 6.45) is 2.34. The van der Waals surface area contributed by atoms with Gasteiger partial charge in [0.25, 0.3) is 0 Å². The molecule has 0 amide bonds. The lowest BCUT2D eigenvalue weighted by molar-refractivity contribution is 0.175. The molecule has 2 aromatic heterocycles. The molecule has 8 nitrogen and oxygen atoms in total. The molecule has 0 saturated carbocycles. The monoisotopic (exact) mass is 481 g/mol. The largest absolute Gasteiger partial charge is 0.392 e. The van der Waals surface area contributed by atoms with Crippen molar-refractivity contribution in [2.24, 2.45) is 0 Å². The van der Waals surface area contributed by atoms with Gasteiger partial charge in [0, 0.05) is 31.4 Å². The summed E-state index contributed by atoms with van der Waals surface area (Å²) in [4.78, 5) is 6.63. The summed E-state index contributed by atoms with van der Waals surface area (Å²) in [5, 5.41) is 22.5. The first kappa shape index (κ1) is 21.8. The van der Waals surface area contributed by atoms with Crippen LogP contribution in [0.25, 0.3) is 28.2 Å². The third kappa shape index (κ3) is 4.43. The van der Waals surface area contributed by atoms with Crippen LogP contribution < -0.4 is 5.73 Å². The van der Waals surface area contributed by atoms with Crippen LogP contribution in [0.2, 0.25) is 10.0 Å². The summed E-state index contributed by atoms with van der Waals surface area (Å²) in [6, 6.07) is 15.4. The highest BCUT2D eigenvalue weighted by atomic mass is 35.5. The van der Waals surface area contributed by atoms with E-state index in [-0.39, 0.29) is 6.10 Å². The summed E-state index contributed by atoms with van der Waals surface area (Å²) in [5.74, 6) is 0.715. The van der Waals surface area contributed by atoms with Crippen LogP contribution in [0.4, 0.5) is 5.82 Å². The van der Waals surface area contributed by atoms with Crippen LogP contribution in [-0.2, 0) is 6.54 Å². The first-order valence-electron chi connectivity index (χ1n) is 10.5. The average Bonchev–Trinajstić information content (AvgIpc) is 3.46. The highest BCUT2D eigenvalue weighted by Gasteiger charge is 2.20. The zero-order chi connectivity index (χ0) is 22.9. The molecule has 1 aliphatic heterocycles. The number of benzene rings is 2. The van der Waals surface area contributed by atoms with Crippen molar-refractivity contribution in [1.29, 1.82) is 0 Å². The minimum atomic E-state index is -0.220. The van der Waals surface area contributed by atoms with Gasteiger partial charge >= 0.3 is 0 Å². The fraction of sp³-hybridized carbons (Fsp3) is 0.217. The Bertz CT molecular complexity index is 1290. The molecule has 3 N–H and O–H groups in total. The number of anilines is 1. The summed E-state index contributed by atoms with van der Waals surface area (Å²) in [5.41, 5.74) is 10.4. The van der Waals surface area contributed by atoms with Gasteiger partial charge in [0.1, 0.15) is 5.82 Å². The van der Waals surface area contributed by atoms with Crippen LogP contribution in [0.3, 0.4) is 0 Å². The first-order chi connectivity index (χ1) is 16.0. The second kappa shape index (κ2) is 9.07. The number of nitrogens with two attached hydrogens (primary N) is 1. The molecule has 0 spiro atoms. The Morgan fingerprint density at radius 3 is 2.67 bits per heavy atom. The fourth-order valence-corrected chi connectivity index (χ4v) is 4.38. The molecule has 1 atom stereocenters. The second-order valence-electron chi connectivity index (χ2n) is 8.02. The Hall–Kier alpha value is -3.04. The van der Waals surface area contributed by atoms with E-state index >= 15 is 0 Å². The molecule has 1 saturated heterocycles. The minimum Gasteiger partial charge on any atom is -0.392 e. The van der Waals surface area contributed by atoms with Gasteiger partial charge < -0.3 is 10.8 Å². The van der Waals surface area contributed by atoms with Crippen molar-refractivity contribution in [2.45, 2.75) is 19.1 Å². The molecule has 0 aliphatic carbocycles. The number of nitrogen functional groups attached to an aromatic ring is 1. The molecule has 10 heteroatoms. The van der Waals surface area contributed by atoms with Gasteiger partial charge in [-0.15, -0.1) is 5.10 Å². The summed E-state index contributed by atoms with van der Waals surface area (Å²) in [7, 11) is 0. The number of rotatable bonds is 5. The normalized spacial score (nSPS) is 16.4. The van der Waals surface area contributed by atoms with E-state index in [9.17, 15) is 5.11 Å². The molecular formula is C23H21Cl2N7O. The number of nitrogens with zero attached hydrogens (tertiary/aromatic N) is 6. The Balaban J connectivity index is 1.45. The first-order valence-corrected chi connectivity index (χ1v) is 11.2. The average molecular weight is 482 g/mol. The van der Waals surface area contributed by atoms with Crippen LogP contribution in [0.1, 0.15) is 12.0 Å². The smallest absolute Gasteiger partial charge is 0.190 e. The third-order valence-electron chi connectivity index (χ3n) is 5.73. The van der Waals surface area contributed by atoms with E-state index in [1.807, 2.05) is 6.07 Å². The highest BCUT2D eigenvalue weighted by Crippen LogP contribution is 2.33. The summed E-state index contributed by atoms with van der Waals surface area (Å²) < 4.78 is 1.50. The van der Waals surface area contributed by atoms with Crippen molar-refractivity contribution in [1.82, 2.24) is 30.1 Å². The SMILES string of the molecule is Nc1ncc(-c2ccc(CN3CCC(O)C3)cc2)cc1-c1nnnn1-c1cccc(Cl)c1Cl. The Morgan fingerprint density at radius 1 is 1.09 bits per heavy atom. The Labute approximate surface area is 200 Å². The molecule has 33 heavy (non-hydrogen) atoms. The molecule has 5 rings (SSSR count). The van der Waals surface area contributed by atoms with E-state index in [0.717, 1.165) is 37.2 Å². The molecular weight excluding hydrogens is 461 g/mol. The Kier molecular flexibility index (Phi) is 5.99. The van der Waals surface area contributed by atoms with Gasteiger partial charge in [-0.25, -0.2) is 4.98 Å². The van der Waals surface area contributed by atoms with Gasteiger partial charge in [0.05, 0.1) is 27.4 Å². The van der Waals surface area contributed by atoms with Crippen molar-refractivity contribution in [2.75, 3.05) is 18.8 Å². The number of hydrogen-bond acceptors (Lipinski definition) is 7. The minimum absolute atomic E-state index is 0.220. The number of pyridine rings is 1. The van der Waals surface area contributed by atoms with Crippen LogP contribution in [0.15, 0.2) is 54.7 Å². The van der Waals surface area contributed by atoms with E-state index in [1.54, 1.807) is 24.4 Å². The van der Waals surface area contributed by atoms with Gasteiger partial charge in [0.15, 0.2) is 5.82 Å². The number of aliphatic hydroxyl groups is 1. The number of halogens is 2. The van der Waals surface area contributed by atoms with Crippen molar-refractivity contribution in [3.63, 3.8) is 0 Å². The summed E-state index contributed by atoms with van der Waals surface area (Å²) in [6.45, 7) is 2.45. The van der Waals surface area contributed by atoms with Crippen molar-refractivity contribution in [3.05, 3.63) is 70.3 Å². The van der Waals surface area contributed by atoms with Crippen molar-refractivity contribution < 1.29 is 5.11 Å². The number of hydrogen-bond donors (Lipinski definition) is 2. The van der Waals surface area contributed by atoms with Crippen LogP contribution in [-0.4, -0.2) is 54.4 Å². The molecule has 0 radical (unpaired) electrons. The molecule has 3 heterocycles. The molecule has 1 fully saturated rings. The van der Waals surface area contributed by atoms with Gasteiger partial charge in [-0.2, -0.15) is 4.68 Å². The van der Waals surface area contributed by atoms with Gasteiger partial charge in [0.2, 0.25) is 0 Å². The zero-order valence-corrected chi connectivity index (χ0v) is 19.1. The van der Waals surface area contributed by atoms with E-state index < -0.39 is 0 Å². The fourth-order valence-electron chi connectivity index (χ4n) is 4.00. The molecule has 4 aromatic rings. The van der Waals surface area contributed by atoms with Crippen molar-refractivity contribution >= 4 is 29.0 Å². The van der Waals surface area contributed by atoms with Crippen LogP contribution in [0, 0.1) is 0 Å². The topological polar surface area (TPSA) is 106 Å². The maximum atomic E-state index is 9.73. The van der Waals surface area contributed by atoms with Crippen molar-refractivity contribution in [3.8, 4) is 28.2 Å². The number of likely N-dealkylation sites (tertiary alicyclic amines) is 1. The molecule has 2 aromatic carbocycles. The zero-order valence-electron chi connectivity index (χ0n) is 17.6. The van der Waals surface area contributed by atoms with Gasteiger partial charge in [-0.05, 0) is 46.2 Å². The molecule has 168 valence electrons. The van der Waals surface area contributed by atoms with E-state index in [1.165, 1.54) is 10.2 Å². The molecule has 1 unspecified atom stereocenters. The lowest BCUT2D eigenvalue weighted by Crippen LogP contribution is -2.21. The third-order valence-corrected chi connectivity index (χ3v) is 6.54. The number of tetrazole rings is 1. The highest BCUT2D eigenvalue weighted by molar-refractivity contribution is 6.43. The maximum Gasteiger partial charge on any atom is 0.190 e. The van der Waals surface area contributed by atoms with Crippen LogP contribution >= 0.6 is 23.2 Å². The van der Waals surface area contributed by atoms with E-state index in [4.69, 9.17) is 28.9 Å². The molecule has 0 bridgehead atoms. The van der Waals surface area contributed by atoms with Gasteiger partial charge in [-0.1, -0.05) is 53.5 Å². The van der Waals surface area contributed by atoms with E-state index in [2.05, 4.69) is 49.7 Å². The number of β-amino-alcohol motifs (C(OH)–C–C–N with tert-alkyl or cyclic N) is 1. The molecule has 1 aliphatic rings. The Morgan fingerprint density at radius 2 is 1.91 bits per heavy atom. The number of aliphatic hydroxyl groups excluding tert-OH is 1. The standard InChI is InChI=1S/C23H21Cl2N7O/c24-19-2-1-3-20(21(19)25)32-23(28-29-30-32)18-10-16(11-27-22(18)26)15-6-4-14(5-7-15)12-31-9-8-17(33)13-31/h1-7,10-11,17,33H,8-9,12-13H2,(H2,26,27). The predicted octanol–water partition coefficient (Wildman–Crippen LogP) is 3.85. The van der Waals surface area contributed by atoms with Gasteiger partial charge in [-0.3, -0.25) is 4.90 Å². The van der Waals surface area contributed by atoms with Crippen LogP contribution in [0.5, 0.6) is 0 Å².